The van der Waals surface area contributed by atoms with Crippen molar-refractivity contribution in [3.63, 3.8) is 0 Å². The molecule has 0 amide bonds. The summed E-state index contributed by atoms with van der Waals surface area (Å²) in [4.78, 5) is 72.4. The molecule has 0 saturated heterocycles. The maximum absolute atomic E-state index is 13.0. The van der Waals surface area contributed by atoms with Gasteiger partial charge in [0.1, 0.15) is 19.3 Å². The van der Waals surface area contributed by atoms with Crippen molar-refractivity contribution in [2.75, 3.05) is 39.6 Å². The summed E-state index contributed by atoms with van der Waals surface area (Å²) < 4.78 is 68.2. The maximum atomic E-state index is 13.0. The highest BCUT2D eigenvalue weighted by atomic mass is 31.2. The molecule has 0 heterocycles. The summed E-state index contributed by atoms with van der Waals surface area (Å²) in [6, 6.07) is 0. The average Bonchev–Trinajstić information content (AvgIpc) is 2.56. The first-order valence-electron chi connectivity index (χ1n) is 37.0. The van der Waals surface area contributed by atoms with E-state index in [-0.39, 0.29) is 25.7 Å². The number of esters is 4. The summed E-state index contributed by atoms with van der Waals surface area (Å²) in [6.07, 6.45) is 48.9. The van der Waals surface area contributed by atoms with Gasteiger partial charge in [0.05, 0.1) is 26.4 Å². The van der Waals surface area contributed by atoms with Crippen LogP contribution in [-0.4, -0.2) is 96.7 Å². The Hall–Kier alpha value is -1.94. The van der Waals surface area contributed by atoms with Crippen LogP contribution in [-0.2, 0) is 65.4 Å². The number of hydrogen-bond donors (Lipinski definition) is 3. The predicted molar refractivity (Wildman–Crippen MR) is 363 cm³/mol. The van der Waals surface area contributed by atoms with Gasteiger partial charge < -0.3 is 33.8 Å². The number of rotatable bonds is 70. The molecule has 0 fully saturated rings. The molecule has 0 aliphatic rings. The topological polar surface area (TPSA) is 237 Å². The molecule has 0 spiro atoms. The van der Waals surface area contributed by atoms with Crippen molar-refractivity contribution in [1.29, 1.82) is 0 Å². The minimum atomic E-state index is -4.95. The first kappa shape index (κ1) is 88.1. The first-order valence-corrected chi connectivity index (χ1v) is 40.0. The predicted octanol–water partition coefficient (Wildman–Crippen LogP) is 20.4. The number of aliphatic hydroxyl groups is 1. The Bertz CT molecular complexity index is 1750. The molecule has 5 atom stereocenters. The highest BCUT2D eigenvalue weighted by molar-refractivity contribution is 7.47. The summed E-state index contributed by atoms with van der Waals surface area (Å²) in [7, 11) is -9.90. The van der Waals surface area contributed by atoms with Crippen molar-refractivity contribution < 1.29 is 80.2 Å². The smallest absolute Gasteiger partial charge is 0.462 e. The van der Waals surface area contributed by atoms with Crippen molar-refractivity contribution in [3.05, 3.63) is 0 Å². The molecular formula is C71H138O17P2. The van der Waals surface area contributed by atoms with E-state index in [0.29, 0.717) is 31.6 Å². The quantitative estimate of drug-likeness (QED) is 0.0222. The Morgan fingerprint density at radius 2 is 0.511 bits per heavy atom. The van der Waals surface area contributed by atoms with E-state index in [2.05, 4.69) is 41.5 Å². The second-order valence-electron chi connectivity index (χ2n) is 26.6. The number of ether oxygens (including phenoxy) is 4. The zero-order chi connectivity index (χ0) is 66.5. The molecule has 0 aliphatic heterocycles. The summed E-state index contributed by atoms with van der Waals surface area (Å²) in [5.74, 6) is -0.721. The second-order valence-corrected chi connectivity index (χ2v) is 29.5. The van der Waals surface area contributed by atoms with Gasteiger partial charge in [-0.15, -0.1) is 0 Å². The van der Waals surface area contributed by atoms with E-state index in [1.54, 1.807) is 0 Å². The first-order chi connectivity index (χ1) is 43.4. The SMILES string of the molecule is CCCCCCCCCCCCCCCCCCCCCCC(=O)O[C@H](COC(=O)CCCCCCCCCCC(C)C)COP(=O)(O)OC[C@@H](O)COP(=O)(O)OC[C@@H](COC(=O)CCCCCCCCC(C)C)OC(=O)CCCCCCCCCCCC. The Morgan fingerprint density at radius 3 is 0.756 bits per heavy atom. The number of hydrogen-bond acceptors (Lipinski definition) is 15. The van der Waals surface area contributed by atoms with Gasteiger partial charge in [-0.25, -0.2) is 9.13 Å². The number of aliphatic hydroxyl groups excluding tert-OH is 1. The van der Waals surface area contributed by atoms with Gasteiger partial charge in [0.2, 0.25) is 0 Å². The van der Waals surface area contributed by atoms with Crippen molar-refractivity contribution in [2.45, 2.75) is 381 Å². The molecule has 0 rings (SSSR count). The number of phosphoric acid groups is 2. The van der Waals surface area contributed by atoms with Gasteiger partial charge in [0.25, 0.3) is 0 Å². The van der Waals surface area contributed by atoms with E-state index in [4.69, 9.17) is 37.0 Å². The van der Waals surface area contributed by atoms with Gasteiger partial charge in [0.15, 0.2) is 12.2 Å². The number of phosphoric ester groups is 2. The van der Waals surface area contributed by atoms with Crippen LogP contribution in [0.2, 0.25) is 0 Å². The fourth-order valence-electron chi connectivity index (χ4n) is 10.8. The van der Waals surface area contributed by atoms with Gasteiger partial charge >= 0.3 is 39.5 Å². The van der Waals surface area contributed by atoms with Crippen LogP contribution < -0.4 is 0 Å². The normalized spacial score (nSPS) is 14.1. The Morgan fingerprint density at radius 1 is 0.300 bits per heavy atom. The fraction of sp³-hybridized carbons (Fsp3) is 0.944. The van der Waals surface area contributed by atoms with Crippen LogP contribution in [0.3, 0.4) is 0 Å². The maximum Gasteiger partial charge on any atom is 0.472 e. The fourth-order valence-corrected chi connectivity index (χ4v) is 12.3. The van der Waals surface area contributed by atoms with Crippen LogP contribution in [0.4, 0.5) is 0 Å². The van der Waals surface area contributed by atoms with Gasteiger partial charge in [0, 0.05) is 25.7 Å². The molecule has 0 aromatic carbocycles. The van der Waals surface area contributed by atoms with Gasteiger partial charge in [-0.2, -0.15) is 0 Å². The Kier molecular flexibility index (Phi) is 61.8. The van der Waals surface area contributed by atoms with Crippen molar-refractivity contribution in [3.8, 4) is 0 Å². The van der Waals surface area contributed by atoms with Gasteiger partial charge in [-0.1, -0.05) is 311 Å². The molecule has 17 nitrogen and oxygen atoms in total. The lowest BCUT2D eigenvalue weighted by atomic mass is 10.0. The third kappa shape index (κ3) is 64.8. The molecule has 2 unspecified atom stereocenters. The van der Waals surface area contributed by atoms with E-state index in [1.165, 1.54) is 173 Å². The van der Waals surface area contributed by atoms with E-state index in [9.17, 15) is 43.2 Å². The van der Waals surface area contributed by atoms with Crippen LogP contribution in [0.15, 0.2) is 0 Å². The minimum absolute atomic E-state index is 0.105. The van der Waals surface area contributed by atoms with Gasteiger partial charge in [-0.05, 0) is 37.5 Å². The third-order valence-corrected chi connectivity index (χ3v) is 18.4. The zero-order valence-corrected chi connectivity index (χ0v) is 60.2. The van der Waals surface area contributed by atoms with E-state index < -0.39 is 97.5 Å². The standard InChI is InChI=1S/C71H138O17P2/c1-7-9-11-13-15-17-19-20-21-22-23-24-25-26-27-28-30-36-44-50-56-71(76)87-66(59-81-68(73)53-47-41-34-32-31-33-39-45-51-63(3)4)61-85-89(77,78)83-57-65(72)58-84-90(79,80)86-62-67(60-82-69(74)54-48-42-38-37-40-46-52-64(5)6)88-70(75)55-49-43-35-29-18-16-14-12-10-8-2/h63-67,72H,7-62H2,1-6H3,(H,77,78)(H,79,80)/t65-,66-,67-/m1/s1. The van der Waals surface area contributed by atoms with Crippen LogP contribution in [0.1, 0.15) is 363 Å². The monoisotopic (exact) mass is 1320 g/mol. The largest absolute Gasteiger partial charge is 0.472 e. The molecule has 0 saturated carbocycles. The zero-order valence-electron chi connectivity index (χ0n) is 58.4. The second kappa shape index (κ2) is 63.1. The number of carbonyl (C=O) groups excluding carboxylic acids is 4. The van der Waals surface area contributed by atoms with Crippen LogP contribution in [0.25, 0.3) is 0 Å². The molecule has 90 heavy (non-hydrogen) atoms. The van der Waals surface area contributed by atoms with Crippen molar-refractivity contribution in [2.24, 2.45) is 11.8 Å². The van der Waals surface area contributed by atoms with Crippen LogP contribution >= 0.6 is 15.6 Å². The summed E-state index contributed by atoms with van der Waals surface area (Å²) in [5.41, 5.74) is 0. The van der Waals surface area contributed by atoms with Crippen LogP contribution in [0, 0.1) is 11.8 Å². The molecule has 19 heteroatoms. The molecule has 3 N–H and O–H groups in total. The molecule has 0 aromatic heterocycles. The minimum Gasteiger partial charge on any atom is -0.462 e. The lowest BCUT2D eigenvalue weighted by Gasteiger charge is -2.21. The molecule has 0 aromatic rings. The molecule has 0 aliphatic carbocycles. The molecule has 0 radical (unpaired) electrons. The Labute approximate surface area is 549 Å². The van der Waals surface area contributed by atoms with Crippen molar-refractivity contribution in [1.82, 2.24) is 0 Å². The Balaban J connectivity index is 5.17. The lowest BCUT2D eigenvalue weighted by Crippen LogP contribution is -2.30. The average molecular weight is 1330 g/mol. The summed E-state index contributed by atoms with van der Waals surface area (Å²) in [6.45, 7) is 9.42. The summed E-state index contributed by atoms with van der Waals surface area (Å²) >= 11 is 0. The van der Waals surface area contributed by atoms with E-state index in [0.717, 1.165) is 102 Å². The summed E-state index contributed by atoms with van der Waals surface area (Å²) in [5, 5.41) is 10.6. The highest BCUT2D eigenvalue weighted by Gasteiger charge is 2.30. The van der Waals surface area contributed by atoms with E-state index in [1.807, 2.05) is 0 Å². The van der Waals surface area contributed by atoms with Gasteiger partial charge in [-0.3, -0.25) is 37.3 Å². The van der Waals surface area contributed by atoms with Crippen molar-refractivity contribution >= 4 is 39.5 Å². The highest BCUT2D eigenvalue weighted by Crippen LogP contribution is 2.45. The third-order valence-electron chi connectivity index (χ3n) is 16.5. The number of unbranched alkanes of at least 4 members (excludes halogenated alkanes) is 40. The van der Waals surface area contributed by atoms with E-state index >= 15 is 0 Å². The molecule has 534 valence electrons. The van der Waals surface area contributed by atoms with Crippen LogP contribution in [0.5, 0.6) is 0 Å². The molecule has 0 bridgehead atoms. The lowest BCUT2D eigenvalue weighted by molar-refractivity contribution is -0.161. The molecular weight excluding hydrogens is 1190 g/mol. The number of carbonyl (C=O) groups is 4.